The van der Waals surface area contributed by atoms with Crippen LogP contribution < -0.4 is 5.56 Å². The van der Waals surface area contributed by atoms with E-state index < -0.39 is 12.0 Å². The SMILES string of the molecule is Cc1cc(=O)n(C(CC(C)C)C(=O)O)nc1CCN(C)C. The number of aromatic nitrogens is 2. The quantitative estimate of drug-likeness (QED) is 0.821. The van der Waals surface area contributed by atoms with Gasteiger partial charge in [-0.2, -0.15) is 5.10 Å². The summed E-state index contributed by atoms with van der Waals surface area (Å²) in [4.78, 5) is 25.6. The number of nitrogens with zero attached hydrogens (tertiary/aromatic N) is 3. The molecule has 0 radical (unpaired) electrons. The van der Waals surface area contributed by atoms with Crippen molar-refractivity contribution < 1.29 is 9.90 Å². The molecule has 0 aliphatic rings. The van der Waals surface area contributed by atoms with Crippen LogP contribution in [0.5, 0.6) is 0 Å². The molecule has 0 saturated heterocycles. The number of aryl methyl sites for hydroxylation is 1. The molecule has 1 atom stereocenters. The Balaban J connectivity index is 3.18. The summed E-state index contributed by atoms with van der Waals surface area (Å²) >= 11 is 0. The van der Waals surface area contributed by atoms with E-state index in [0.29, 0.717) is 12.8 Å². The zero-order chi connectivity index (χ0) is 16.2. The average molecular weight is 295 g/mol. The van der Waals surface area contributed by atoms with Crippen LogP contribution in [0.1, 0.15) is 37.6 Å². The van der Waals surface area contributed by atoms with Gasteiger partial charge in [-0.05, 0) is 38.9 Å². The number of hydrogen-bond acceptors (Lipinski definition) is 4. The molecule has 1 unspecified atom stereocenters. The molecule has 0 aliphatic heterocycles. The number of carbonyl (C=O) groups is 1. The maximum Gasteiger partial charge on any atom is 0.328 e. The fourth-order valence-electron chi connectivity index (χ4n) is 2.14. The van der Waals surface area contributed by atoms with Crippen molar-refractivity contribution in [3.63, 3.8) is 0 Å². The molecule has 0 spiro atoms. The van der Waals surface area contributed by atoms with Crippen LogP contribution in [0.2, 0.25) is 0 Å². The lowest BCUT2D eigenvalue weighted by atomic mass is 10.0. The van der Waals surface area contributed by atoms with Gasteiger partial charge >= 0.3 is 5.97 Å². The Morgan fingerprint density at radius 2 is 2.05 bits per heavy atom. The van der Waals surface area contributed by atoms with Crippen molar-refractivity contribution in [2.45, 2.75) is 39.7 Å². The predicted octanol–water partition coefficient (Wildman–Crippen LogP) is 1.33. The molecule has 0 bridgehead atoms. The highest BCUT2D eigenvalue weighted by atomic mass is 16.4. The number of rotatable bonds is 7. The largest absolute Gasteiger partial charge is 0.480 e. The highest BCUT2D eigenvalue weighted by molar-refractivity contribution is 5.71. The second kappa shape index (κ2) is 7.36. The lowest BCUT2D eigenvalue weighted by Crippen LogP contribution is -2.34. The van der Waals surface area contributed by atoms with E-state index in [4.69, 9.17) is 0 Å². The molecule has 6 nitrogen and oxygen atoms in total. The lowest BCUT2D eigenvalue weighted by Gasteiger charge is -2.18. The maximum atomic E-state index is 12.1. The molecule has 0 amide bonds. The molecule has 1 N–H and O–H groups in total. The Labute approximate surface area is 125 Å². The van der Waals surface area contributed by atoms with Gasteiger partial charge in [0.1, 0.15) is 0 Å². The van der Waals surface area contributed by atoms with Crippen molar-refractivity contribution in [1.82, 2.24) is 14.7 Å². The molecule has 0 fully saturated rings. The number of hydrogen-bond donors (Lipinski definition) is 1. The number of likely N-dealkylation sites (N-methyl/N-ethyl adjacent to an activating group) is 1. The summed E-state index contributed by atoms with van der Waals surface area (Å²) in [7, 11) is 3.92. The minimum Gasteiger partial charge on any atom is -0.480 e. The van der Waals surface area contributed by atoms with Gasteiger partial charge in [-0.15, -0.1) is 0 Å². The van der Waals surface area contributed by atoms with E-state index in [-0.39, 0.29) is 11.5 Å². The first-order valence-electron chi connectivity index (χ1n) is 7.19. The normalized spacial score (nSPS) is 12.9. The molecule has 1 heterocycles. The van der Waals surface area contributed by atoms with Gasteiger partial charge in [0.25, 0.3) is 5.56 Å². The third-order valence-electron chi connectivity index (χ3n) is 3.32. The van der Waals surface area contributed by atoms with Gasteiger partial charge in [0, 0.05) is 19.0 Å². The molecule has 6 heteroatoms. The maximum absolute atomic E-state index is 12.1. The lowest BCUT2D eigenvalue weighted by molar-refractivity contribution is -0.141. The van der Waals surface area contributed by atoms with Crippen LogP contribution in [0.15, 0.2) is 10.9 Å². The number of carboxylic acid groups (broad SMARTS) is 1. The van der Waals surface area contributed by atoms with Gasteiger partial charge in [-0.3, -0.25) is 4.79 Å². The van der Waals surface area contributed by atoms with Gasteiger partial charge < -0.3 is 10.0 Å². The molecule has 1 aromatic heterocycles. The fourth-order valence-corrected chi connectivity index (χ4v) is 2.14. The van der Waals surface area contributed by atoms with Crippen molar-refractivity contribution in [2.24, 2.45) is 5.92 Å². The van der Waals surface area contributed by atoms with E-state index in [0.717, 1.165) is 22.5 Å². The van der Waals surface area contributed by atoms with Crippen molar-refractivity contribution in [3.8, 4) is 0 Å². The van der Waals surface area contributed by atoms with Gasteiger partial charge in [0.05, 0.1) is 5.69 Å². The average Bonchev–Trinajstić information content (AvgIpc) is 2.34. The van der Waals surface area contributed by atoms with Crippen LogP contribution in [0.4, 0.5) is 0 Å². The molecule has 1 rings (SSSR count). The molecule has 0 aliphatic carbocycles. The van der Waals surface area contributed by atoms with E-state index in [9.17, 15) is 14.7 Å². The number of carboxylic acids is 1. The molecule has 0 saturated carbocycles. The summed E-state index contributed by atoms with van der Waals surface area (Å²) < 4.78 is 1.13. The van der Waals surface area contributed by atoms with Crippen LogP contribution >= 0.6 is 0 Å². The van der Waals surface area contributed by atoms with Crippen molar-refractivity contribution in [2.75, 3.05) is 20.6 Å². The smallest absolute Gasteiger partial charge is 0.328 e. The van der Waals surface area contributed by atoms with Crippen LogP contribution in [0.25, 0.3) is 0 Å². The third kappa shape index (κ3) is 4.97. The molecular weight excluding hydrogens is 270 g/mol. The minimum atomic E-state index is -1.01. The van der Waals surface area contributed by atoms with E-state index in [1.54, 1.807) is 0 Å². The molecule has 118 valence electrons. The summed E-state index contributed by atoms with van der Waals surface area (Å²) in [6, 6.07) is 0.574. The molecule has 0 aromatic carbocycles. The first-order chi connectivity index (χ1) is 9.72. The van der Waals surface area contributed by atoms with Gasteiger partial charge in [-0.1, -0.05) is 13.8 Å². The summed E-state index contributed by atoms with van der Waals surface area (Å²) in [6.45, 7) is 6.50. The summed E-state index contributed by atoms with van der Waals surface area (Å²) in [5.74, 6) is -0.841. The summed E-state index contributed by atoms with van der Waals surface area (Å²) in [5, 5.41) is 13.7. The second-order valence-electron chi connectivity index (χ2n) is 6.09. The Hall–Kier alpha value is -1.69. The highest BCUT2D eigenvalue weighted by Crippen LogP contribution is 2.16. The molecular formula is C15H25N3O3. The zero-order valence-corrected chi connectivity index (χ0v) is 13.5. The Bertz CT molecular complexity index is 550. The van der Waals surface area contributed by atoms with Crippen LogP contribution in [0, 0.1) is 12.8 Å². The molecule has 21 heavy (non-hydrogen) atoms. The Kier molecular flexibility index (Phi) is 6.08. The second-order valence-corrected chi connectivity index (χ2v) is 6.09. The Morgan fingerprint density at radius 1 is 1.43 bits per heavy atom. The van der Waals surface area contributed by atoms with Gasteiger partial charge in [0.2, 0.25) is 0 Å². The summed E-state index contributed by atoms with van der Waals surface area (Å²) in [6.07, 6.45) is 1.07. The number of aliphatic carboxylic acids is 1. The minimum absolute atomic E-state index is 0.173. The molecule has 1 aromatic rings. The highest BCUT2D eigenvalue weighted by Gasteiger charge is 2.24. The first kappa shape index (κ1) is 17.4. The van der Waals surface area contributed by atoms with Crippen molar-refractivity contribution in [1.29, 1.82) is 0 Å². The van der Waals surface area contributed by atoms with E-state index in [2.05, 4.69) is 5.10 Å². The Morgan fingerprint density at radius 3 is 2.52 bits per heavy atom. The van der Waals surface area contributed by atoms with E-state index in [1.165, 1.54) is 6.07 Å². The van der Waals surface area contributed by atoms with Crippen molar-refractivity contribution >= 4 is 5.97 Å². The third-order valence-corrected chi connectivity index (χ3v) is 3.32. The van der Waals surface area contributed by atoms with Gasteiger partial charge in [0.15, 0.2) is 6.04 Å². The van der Waals surface area contributed by atoms with Crippen LogP contribution in [0.3, 0.4) is 0 Å². The fraction of sp³-hybridized carbons (Fsp3) is 0.667. The zero-order valence-electron chi connectivity index (χ0n) is 13.5. The standard InChI is InChI=1S/C15H25N3O3/c1-10(2)8-13(15(20)21)18-14(19)9-11(3)12(16-18)6-7-17(4)5/h9-10,13H,6-8H2,1-5H3,(H,20,21). The van der Waals surface area contributed by atoms with E-state index in [1.807, 2.05) is 39.8 Å². The topological polar surface area (TPSA) is 75.4 Å². The van der Waals surface area contributed by atoms with Crippen LogP contribution in [-0.4, -0.2) is 46.4 Å². The van der Waals surface area contributed by atoms with E-state index >= 15 is 0 Å². The van der Waals surface area contributed by atoms with Crippen molar-refractivity contribution in [3.05, 3.63) is 27.7 Å². The first-order valence-corrected chi connectivity index (χ1v) is 7.19. The summed E-state index contributed by atoms with van der Waals surface area (Å²) in [5.41, 5.74) is 1.24. The monoisotopic (exact) mass is 295 g/mol. The van der Waals surface area contributed by atoms with Gasteiger partial charge in [-0.25, -0.2) is 9.48 Å². The predicted molar refractivity (Wildman–Crippen MR) is 81.6 cm³/mol. The van der Waals surface area contributed by atoms with Crippen LogP contribution in [-0.2, 0) is 11.2 Å².